The second-order valence-electron chi connectivity index (χ2n) is 5.86. The molecule has 162 valence electrons. The van der Waals surface area contributed by atoms with Gasteiger partial charge in [0.15, 0.2) is 5.11 Å². The fourth-order valence-electron chi connectivity index (χ4n) is 2.51. The highest BCUT2D eigenvalue weighted by Gasteiger charge is 2.27. The van der Waals surface area contributed by atoms with Crippen molar-refractivity contribution in [2.24, 2.45) is 0 Å². The zero-order valence-electron chi connectivity index (χ0n) is 16.0. The fraction of sp³-hybridized carbons (Fsp3) is 0.235. The summed E-state index contributed by atoms with van der Waals surface area (Å²) in [5.41, 5.74) is 4.54. The van der Waals surface area contributed by atoms with E-state index in [0.717, 1.165) is 28.6 Å². The van der Waals surface area contributed by atoms with Gasteiger partial charge in [-0.15, -0.1) is 0 Å². The van der Waals surface area contributed by atoms with Crippen LogP contribution >= 0.6 is 12.2 Å². The Morgan fingerprint density at radius 1 is 1.13 bits per heavy atom. The summed E-state index contributed by atoms with van der Waals surface area (Å²) in [6, 6.07) is 6.12. The van der Waals surface area contributed by atoms with Gasteiger partial charge in [0.25, 0.3) is 5.69 Å². The van der Waals surface area contributed by atoms with Crippen LogP contribution < -0.4 is 16.2 Å². The molecule has 0 saturated carbocycles. The topological polar surface area (TPSA) is 117 Å². The van der Waals surface area contributed by atoms with Crippen molar-refractivity contribution in [2.75, 3.05) is 23.8 Å². The molecule has 13 heteroatoms. The molecule has 0 aliphatic rings. The average molecular weight is 460 g/mol. The fourth-order valence-corrected chi connectivity index (χ4v) is 4.30. The van der Waals surface area contributed by atoms with Gasteiger partial charge in [0.05, 0.1) is 16.3 Å². The van der Waals surface area contributed by atoms with Crippen molar-refractivity contribution in [3.63, 3.8) is 0 Å². The van der Waals surface area contributed by atoms with Crippen LogP contribution in [0, 0.1) is 21.7 Å². The van der Waals surface area contributed by atoms with Crippen LogP contribution in [0.15, 0.2) is 41.3 Å². The monoisotopic (exact) mass is 459 g/mol. The number of halogens is 2. The minimum atomic E-state index is -4.05. The molecule has 0 aliphatic carbocycles. The van der Waals surface area contributed by atoms with Crippen LogP contribution in [0.4, 0.5) is 25.8 Å². The van der Waals surface area contributed by atoms with E-state index >= 15 is 0 Å². The van der Waals surface area contributed by atoms with Crippen LogP contribution in [0.3, 0.4) is 0 Å². The number of nitrogens with one attached hydrogen (secondary N) is 3. The molecule has 0 radical (unpaired) electrons. The second kappa shape index (κ2) is 9.73. The molecule has 2 aromatic carbocycles. The van der Waals surface area contributed by atoms with Crippen molar-refractivity contribution in [2.45, 2.75) is 18.7 Å². The van der Waals surface area contributed by atoms with E-state index in [0.29, 0.717) is 6.07 Å². The Balaban J connectivity index is 2.28. The van der Waals surface area contributed by atoms with Crippen LogP contribution in [-0.4, -0.2) is 35.8 Å². The zero-order valence-corrected chi connectivity index (χ0v) is 17.6. The molecule has 0 fully saturated rings. The predicted octanol–water partition coefficient (Wildman–Crippen LogP) is 3.22. The quantitative estimate of drug-likeness (QED) is 0.313. The first-order chi connectivity index (χ1) is 14.1. The highest BCUT2D eigenvalue weighted by atomic mass is 32.2. The van der Waals surface area contributed by atoms with E-state index in [1.165, 1.54) is 6.07 Å². The molecular formula is C17H19F2N5O4S2. The Bertz CT molecular complexity index is 1060. The third kappa shape index (κ3) is 5.37. The van der Waals surface area contributed by atoms with E-state index in [9.17, 15) is 27.3 Å². The number of benzene rings is 2. The van der Waals surface area contributed by atoms with Crippen LogP contribution in [0.5, 0.6) is 0 Å². The molecule has 0 aliphatic heterocycles. The van der Waals surface area contributed by atoms with Gasteiger partial charge in [0, 0.05) is 31.3 Å². The van der Waals surface area contributed by atoms with Crippen LogP contribution in [-0.2, 0) is 10.0 Å². The van der Waals surface area contributed by atoms with E-state index in [2.05, 4.69) is 16.2 Å². The van der Waals surface area contributed by atoms with Crippen LogP contribution in [0.25, 0.3) is 0 Å². The van der Waals surface area contributed by atoms with Crippen LogP contribution in [0.2, 0.25) is 0 Å². The van der Waals surface area contributed by atoms with Gasteiger partial charge in [-0.05, 0) is 30.4 Å². The van der Waals surface area contributed by atoms with Crippen molar-refractivity contribution in [3.8, 4) is 0 Å². The number of sulfonamides is 1. The third-order valence-corrected chi connectivity index (χ3v) is 6.28. The molecule has 2 aromatic rings. The first-order valence-corrected chi connectivity index (χ1v) is 10.5. The summed E-state index contributed by atoms with van der Waals surface area (Å²) < 4.78 is 53.7. The standard InChI is InChI=1S/C17H19F2N5O4S2/c1-3-23(4-2)30(27,28)16-10-12(24(25)26)6-8-15(16)21-22-17(29)20-14-7-5-11(18)9-13(14)19/h5-10,21H,3-4H2,1-2H3,(H2,20,22,29). The average Bonchev–Trinajstić information content (AvgIpc) is 2.69. The molecule has 3 N–H and O–H groups in total. The summed E-state index contributed by atoms with van der Waals surface area (Å²) in [6.45, 7) is 3.61. The van der Waals surface area contributed by atoms with Gasteiger partial charge in [-0.2, -0.15) is 4.31 Å². The highest BCUT2D eigenvalue weighted by molar-refractivity contribution is 7.89. The minimum Gasteiger partial charge on any atom is -0.329 e. The molecule has 2 rings (SSSR count). The minimum absolute atomic E-state index is 0.00349. The Morgan fingerprint density at radius 2 is 1.77 bits per heavy atom. The number of hydrazine groups is 1. The van der Waals surface area contributed by atoms with Gasteiger partial charge in [-0.25, -0.2) is 17.2 Å². The number of thiocarbonyl (C=S) groups is 1. The maximum Gasteiger partial charge on any atom is 0.270 e. The maximum absolute atomic E-state index is 13.7. The summed E-state index contributed by atoms with van der Waals surface area (Å²) in [4.78, 5) is 10.1. The number of nitrogens with zero attached hydrogens (tertiary/aromatic N) is 2. The summed E-state index contributed by atoms with van der Waals surface area (Å²) in [6.07, 6.45) is 0. The lowest BCUT2D eigenvalue weighted by Gasteiger charge is -2.21. The molecular weight excluding hydrogens is 440 g/mol. The Hall–Kier alpha value is -2.90. The highest BCUT2D eigenvalue weighted by Crippen LogP contribution is 2.28. The van der Waals surface area contributed by atoms with Crippen molar-refractivity contribution >= 4 is 44.4 Å². The number of hydrogen-bond donors (Lipinski definition) is 3. The van der Waals surface area contributed by atoms with Crippen molar-refractivity contribution in [1.82, 2.24) is 9.73 Å². The molecule has 0 heterocycles. The normalized spacial score (nSPS) is 11.2. The number of nitro benzene ring substituents is 1. The van der Waals surface area contributed by atoms with Gasteiger partial charge in [-0.3, -0.25) is 21.0 Å². The molecule has 0 atom stereocenters. The molecule has 0 amide bonds. The van der Waals surface area contributed by atoms with Crippen molar-refractivity contribution < 1.29 is 22.1 Å². The van der Waals surface area contributed by atoms with E-state index in [1.807, 2.05) is 0 Å². The van der Waals surface area contributed by atoms with Gasteiger partial charge in [-0.1, -0.05) is 13.8 Å². The Labute approximate surface area is 177 Å². The Kier molecular flexibility index (Phi) is 7.59. The van der Waals surface area contributed by atoms with Gasteiger partial charge >= 0.3 is 0 Å². The Morgan fingerprint density at radius 3 is 2.33 bits per heavy atom. The van der Waals surface area contributed by atoms with Gasteiger partial charge in [0.1, 0.15) is 16.5 Å². The first kappa shape index (κ1) is 23.4. The van der Waals surface area contributed by atoms with Gasteiger partial charge in [0.2, 0.25) is 10.0 Å². The number of anilines is 2. The molecule has 30 heavy (non-hydrogen) atoms. The molecule has 0 bridgehead atoms. The van der Waals surface area contributed by atoms with Crippen molar-refractivity contribution in [1.29, 1.82) is 0 Å². The third-order valence-electron chi connectivity index (χ3n) is 3.99. The van der Waals surface area contributed by atoms with Gasteiger partial charge < -0.3 is 5.32 Å². The summed E-state index contributed by atoms with van der Waals surface area (Å²) in [5.74, 6) is -1.63. The lowest BCUT2D eigenvalue weighted by Crippen LogP contribution is -2.35. The summed E-state index contributed by atoms with van der Waals surface area (Å²) in [7, 11) is -4.05. The van der Waals surface area contributed by atoms with E-state index in [4.69, 9.17) is 12.2 Å². The lowest BCUT2D eigenvalue weighted by atomic mass is 10.3. The largest absolute Gasteiger partial charge is 0.329 e. The maximum atomic E-state index is 13.7. The second-order valence-corrected chi connectivity index (χ2v) is 8.17. The van der Waals surface area contributed by atoms with E-state index in [1.54, 1.807) is 13.8 Å². The number of nitro groups is 1. The van der Waals surface area contributed by atoms with Crippen molar-refractivity contribution in [3.05, 3.63) is 58.1 Å². The number of rotatable bonds is 8. The molecule has 0 unspecified atom stereocenters. The predicted molar refractivity (Wildman–Crippen MR) is 113 cm³/mol. The molecule has 0 saturated heterocycles. The summed E-state index contributed by atoms with van der Waals surface area (Å²) >= 11 is 5.02. The smallest absolute Gasteiger partial charge is 0.270 e. The lowest BCUT2D eigenvalue weighted by molar-refractivity contribution is -0.385. The van der Waals surface area contributed by atoms with Crippen LogP contribution in [0.1, 0.15) is 13.8 Å². The molecule has 0 aromatic heterocycles. The number of hydrogen-bond acceptors (Lipinski definition) is 6. The van der Waals surface area contributed by atoms with E-state index in [-0.39, 0.29) is 34.5 Å². The first-order valence-electron chi connectivity index (χ1n) is 8.66. The number of non-ortho nitro benzene ring substituents is 1. The zero-order chi connectivity index (χ0) is 22.5. The van der Waals surface area contributed by atoms with E-state index < -0.39 is 32.3 Å². The summed E-state index contributed by atoms with van der Waals surface area (Å²) in [5, 5.41) is 13.4. The molecule has 9 nitrogen and oxygen atoms in total. The molecule has 0 spiro atoms. The SMILES string of the molecule is CCN(CC)S(=O)(=O)c1cc([N+](=O)[O-])ccc1NNC(=S)Nc1ccc(F)cc1F.